The molecule has 0 heterocycles. The van der Waals surface area contributed by atoms with Gasteiger partial charge in [0.2, 0.25) is 0 Å². The number of nitrogens with two attached hydrogens (primary N) is 1. The average molecular weight is 335 g/mol. The van der Waals surface area contributed by atoms with E-state index in [1.165, 1.54) is 5.56 Å². The number of rotatable bonds is 6. The topological polar surface area (TPSA) is 47.3 Å². The van der Waals surface area contributed by atoms with Gasteiger partial charge >= 0.3 is 0 Å². The lowest BCUT2D eigenvalue weighted by atomic mass is 10.1. The minimum atomic E-state index is 0.0830. The summed E-state index contributed by atoms with van der Waals surface area (Å²) in [5.41, 5.74) is 8.26. The second-order valence-electron chi connectivity index (χ2n) is 4.54. The van der Waals surface area contributed by atoms with Gasteiger partial charge in [-0.1, -0.05) is 46.3 Å². The Bertz CT molecular complexity index is 545. The van der Waals surface area contributed by atoms with E-state index in [2.05, 4.69) is 33.4 Å². The Morgan fingerprint density at radius 1 is 1.20 bits per heavy atom. The normalized spacial score (nSPS) is 12.2. The molecule has 0 aromatic heterocycles. The monoisotopic (exact) mass is 334 g/mol. The first-order valence-corrected chi connectivity index (χ1v) is 7.34. The highest BCUT2D eigenvalue weighted by molar-refractivity contribution is 9.10. The van der Waals surface area contributed by atoms with Gasteiger partial charge in [-0.25, -0.2) is 0 Å². The van der Waals surface area contributed by atoms with Crippen LogP contribution in [-0.2, 0) is 6.54 Å². The van der Waals surface area contributed by atoms with E-state index in [1.54, 1.807) is 7.11 Å². The predicted octanol–water partition coefficient (Wildman–Crippen LogP) is 3.25. The summed E-state index contributed by atoms with van der Waals surface area (Å²) in [4.78, 5) is 0. The molecule has 0 spiro atoms. The maximum Gasteiger partial charge on any atom is 0.119 e. The van der Waals surface area contributed by atoms with Gasteiger partial charge in [0.25, 0.3) is 0 Å². The van der Waals surface area contributed by atoms with E-state index in [0.717, 1.165) is 22.3 Å². The van der Waals surface area contributed by atoms with Gasteiger partial charge in [0.15, 0.2) is 0 Å². The molecule has 3 nitrogen and oxygen atoms in total. The van der Waals surface area contributed by atoms with Crippen LogP contribution in [0.15, 0.2) is 53.0 Å². The number of hydrogen-bond acceptors (Lipinski definition) is 3. The third-order valence-corrected chi connectivity index (χ3v) is 3.93. The first-order valence-electron chi connectivity index (χ1n) is 6.55. The fourth-order valence-corrected chi connectivity index (χ4v) is 2.60. The van der Waals surface area contributed by atoms with Crippen LogP contribution in [-0.4, -0.2) is 13.7 Å². The van der Waals surface area contributed by atoms with Crippen LogP contribution in [0.1, 0.15) is 17.2 Å². The van der Waals surface area contributed by atoms with E-state index in [1.807, 2.05) is 36.4 Å². The largest absolute Gasteiger partial charge is 0.497 e. The first kappa shape index (κ1) is 15.0. The summed E-state index contributed by atoms with van der Waals surface area (Å²) in [6.07, 6.45) is 0. The van der Waals surface area contributed by atoms with Crippen LogP contribution in [0.2, 0.25) is 0 Å². The van der Waals surface area contributed by atoms with E-state index in [0.29, 0.717) is 6.54 Å². The molecule has 0 amide bonds. The summed E-state index contributed by atoms with van der Waals surface area (Å²) in [5, 5.41) is 3.48. The van der Waals surface area contributed by atoms with E-state index >= 15 is 0 Å². The Hall–Kier alpha value is -1.36. The van der Waals surface area contributed by atoms with Crippen molar-refractivity contribution in [1.29, 1.82) is 0 Å². The maximum atomic E-state index is 5.91. The van der Waals surface area contributed by atoms with E-state index in [4.69, 9.17) is 10.5 Å². The van der Waals surface area contributed by atoms with Gasteiger partial charge < -0.3 is 15.8 Å². The van der Waals surface area contributed by atoms with Crippen LogP contribution in [0.3, 0.4) is 0 Å². The van der Waals surface area contributed by atoms with Gasteiger partial charge in [0.1, 0.15) is 5.75 Å². The number of nitrogens with one attached hydrogen (secondary N) is 1. The molecule has 0 saturated heterocycles. The molecule has 20 heavy (non-hydrogen) atoms. The number of hydrogen-bond donors (Lipinski definition) is 2. The van der Waals surface area contributed by atoms with Gasteiger partial charge in [-0.05, 0) is 29.3 Å². The third kappa shape index (κ3) is 3.82. The van der Waals surface area contributed by atoms with Crippen LogP contribution < -0.4 is 15.8 Å². The van der Waals surface area contributed by atoms with Gasteiger partial charge in [-0.15, -0.1) is 0 Å². The molecular formula is C16H19BrN2O. The molecule has 2 rings (SSSR count). The highest BCUT2D eigenvalue weighted by atomic mass is 79.9. The Kier molecular flexibility index (Phi) is 5.59. The molecule has 106 valence electrons. The quantitative estimate of drug-likeness (QED) is 0.852. The fourth-order valence-electron chi connectivity index (χ4n) is 2.07. The average Bonchev–Trinajstić information content (AvgIpc) is 2.50. The number of ether oxygens (including phenoxy) is 1. The van der Waals surface area contributed by atoms with E-state index in [9.17, 15) is 0 Å². The lowest BCUT2D eigenvalue weighted by molar-refractivity contribution is 0.412. The van der Waals surface area contributed by atoms with E-state index < -0.39 is 0 Å². The van der Waals surface area contributed by atoms with E-state index in [-0.39, 0.29) is 6.04 Å². The van der Waals surface area contributed by atoms with Gasteiger partial charge in [0.05, 0.1) is 7.11 Å². The minimum Gasteiger partial charge on any atom is -0.497 e. The Balaban J connectivity index is 2.12. The van der Waals surface area contributed by atoms with Crippen molar-refractivity contribution >= 4 is 15.9 Å². The molecule has 0 aliphatic carbocycles. The molecule has 0 aliphatic rings. The Labute approximate surface area is 128 Å². The van der Waals surface area contributed by atoms with Crippen molar-refractivity contribution < 1.29 is 4.74 Å². The Morgan fingerprint density at radius 2 is 1.95 bits per heavy atom. The van der Waals surface area contributed by atoms with Crippen molar-refractivity contribution in [3.63, 3.8) is 0 Å². The summed E-state index contributed by atoms with van der Waals surface area (Å²) < 4.78 is 6.31. The summed E-state index contributed by atoms with van der Waals surface area (Å²) in [6, 6.07) is 16.3. The molecular weight excluding hydrogens is 316 g/mol. The molecule has 2 aromatic carbocycles. The van der Waals surface area contributed by atoms with Crippen LogP contribution >= 0.6 is 15.9 Å². The SMILES string of the molecule is COc1ccc(Br)c(C(CN)NCc2ccccc2)c1. The lowest BCUT2D eigenvalue weighted by Gasteiger charge is -2.19. The molecule has 0 radical (unpaired) electrons. The molecule has 4 heteroatoms. The number of halogens is 1. The standard InChI is InChI=1S/C16H19BrN2O/c1-20-13-7-8-15(17)14(9-13)16(10-18)19-11-12-5-3-2-4-6-12/h2-9,16,19H,10-11,18H2,1H3. The summed E-state index contributed by atoms with van der Waals surface area (Å²) in [7, 11) is 1.67. The summed E-state index contributed by atoms with van der Waals surface area (Å²) >= 11 is 3.58. The van der Waals surface area contributed by atoms with Crippen LogP contribution in [0.4, 0.5) is 0 Å². The highest BCUT2D eigenvalue weighted by Crippen LogP contribution is 2.27. The zero-order valence-corrected chi connectivity index (χ0v) is 13.1. The second kappa shape index (κ2) is 7.43. The minimum absolute atomic E-state index is 0.0830. The maximum absolute atomic E-state index is 5.91. The highest BCUT2D eigenvalue weighted by Gasteiger charge is 2.13. The smallest absolute Gasteiger partial charge is 0.119 e. The summed E-state index contributed by atoms with van der Waals surface area (Å²) in [5.74, 6) is 0.836. The lowest BCUT2D eigenvalue weighted by Crippen LogP contribution is -2.28. The van der Waals surface area contributed by atoms with Gasteiger partial charge in [-0.3, -0.25) is 0 Å². The summed E-state index contributed by atoms with van der Waals surface area (Å²) in [6.45, 7) is 1.31. The Morgan fingerprint density at radius 3 is 2.60 bits per heavy atom. The van der Waals surface area contributed by atoms with Crippen molar-refractivity contribution in [2.45, 2.75) is 12.6 Å². The molecule has 0 aliphatic heterocycles. The number of benzene rings is 2. The molecule has 0 fully saturated rings. The third-order valence-electron chi connectivity index (χ3n) is 3.21. The zero-order chi connectivity index (χ0) is 14.4. The molecule has 3 N–H and O–H groups in total. The van der Waals surface area contributed by atoms with Gasteiger partial charge in [0, 0.05) is 23.6 Å². The molecule has 0 saturated carbocycles. The van der Waals surface area contributed by atoms with Gasteiger partial charge in [-0.2, -0.15) is 0 Å². The van der Waals surface area contributed by atoms with Crippen molar-refractivity contribution in [2.24, 2.45) is 5.73 Å². The zero-order valence-electron chi connectivity index (χ0n) is 11.5. The van der Waals surface area contributed by atoms with Crippen molar-refractivity contribution in [3.8, 4) is 5.75 Å². The molecule has 2 aromatic rings. The number of methoxy groups -OCH3 is 1. The van der Waals surface area contributed by atoms with Crippen LogP contribution in [0.25, 0.3) is 0 Å². The fraction of sp³-hybridized carbons (Fsp3) is 0.250. The molecule has 1 unspecified atom stereocenters. The first-order chi connectivity index (χ1) is 9.74. The van der Waals surface area contributed by atoms with Crippen LogP contribution in [0, 0.1) is 0 Å². The predicted molar refractivity (Wildman–Crippen MR) is 85.8 cm³/mol. The van der Waals surface area contributed by atoms with Crippen LogP contribution in [0.5, 0.6) is 5.75 Å². The van der Waals surface area contributed by atoms with Crippen molar-refractivity contribution in [2.75, 3.05) is 13.7 Å². The second-order valence-corrected chi connectivity index (χ2v) is 5.40. The van der Waals surface area contributed by atoms with Crippen molar-refractivity contribution in [1.82, 2.24) is 5.32 Å². The molecule has 0 bridgehead atoms. The van der Waals surface area contributed by atoms with Crippen molar-refractivity contribution in [3.05, 3.63) is 64.1 Å². The molecule has 1 atom stereocenters.